The van der Waals surface area contributed by atoms with Crippen LogP contribution in [0.25, 0.3) is 0 Å². The molecule has 5 aliphatic rings. The first kappa shape index (κ1) is 43.7. The minimum atomic E-state index is -1.87. The minimum Gasteiger partial charge on any atom is -0.465 e. The molecule has 0 bridgehead atoms. The number of ether oxygens (including phenoxy) is 8. The molecule has 0 spiro atoms. The van der Waals surface area contributed by atoms with Crippen LogP contribution in [-0.2, 0) is 66.7 Å². The Morgan fingerprint density at radius 3 is 1.88 bits per heavy atom. The molecule has 5 fully saturated rings. The molecular formula is C39H58O17. The summed E-state index contributed by atoms with van der Waals surface area (Å²) in [7, 11) is 0. The first-order chi connectivity index (χ1) is 26.0. The lowest BCUT2D eigenvalue weighted by Crippen LogP contribution is -2.77. The second-order valence-corrected chi connectivity index (χ2v) is 16.8. The zero-order chi connectivity index (χ0) is 41.7. The maximum Gasteiger partial charge on any atom is 0.303 e. The highest BCUT2D eigenvalue weighted by atomic mass is 16.7. The van der Waals surface area contributed by atoms with Gasteiger partial charge in [0.25, 0.3) is 0 Å². The van der Waals surface area contributed by atoms with Crippen molar-refractivity contribution in [1.29, 1.82) is 0 Å². The maximum atomic E-state index is 13.2. The Bertz CT molecular complexity index is 1550. The van der Waals surface area contributed by atoms with E-state index in [9.17, 15) is 44.1 Å². The van der Waals surface area contributed by atoms with E-state index in [0.29, 0.717) is 12.8 Å². The van der Waals surface area contributed by atoms with Gasteiger partial charge in [-0.15, -0.1) is 0 Å². The molecule has 16 atom stereocenters. The Balaban J connectivity index is 1.61. The van der Waals surface area contributed by atoms with Crippen LogP contribution >= 0.6 is 0 Å². The lowest BCUT2D eigenvalue weighted by Gasteiger charge is -2.69. The predicted molar refractivity (Wildman–Crippen MR) is 189 cm³/mol. The monoisotopic (exact) mass is 798 g/mol. The molecule has 0 aromatic heterocycles. The number of esters is 6. The van der Waals surface area contributed by atoms with Crippen LogP contribution < -0.4 is 0 Å². The van der Waals surface area contributed by atoms with Gasteiger partial charge in [-0.05, 0) is 57.8 Å². The fourth-order valence-corrected chi connectivity index (χ4v) is 11.5. The molecule has 1 aliphatic heterocycles. The molecule has 3 N–H and O–H groups in total. The van der Waals surface area contributed by atoms with Crippen molar-refractivity contribution in [1.82, 2.24) is 0 Å². The summed E-state index contributed by atoms with van der Waals surface area (Å²) >= 11 is 0. The van der Waals surface area contributed by atoms with E-state index in [1.165, 1.54) is 20.8 Å². The third-order valence-corrected chi connectivity index (χ3v) is 13.3. The highest BCUT2D eigenvalue weighted by Crippen LogP contribution is 2.71. The van der Waals surface area contributed by atoms with Crippen LogP contribution in [0.15, 0.2) is 0 Å². The smallest absolute Gasteiger partial charge is 0.303 e. The lowest BCUT2D eigenvalue weighted by atomic mass is 9.40. The SMILES string of the molecule is CC(=O)OC[C@@]12[C@@H]3[C@@H](CC[C@]1(O)C[C@@H](O[C@@H]1O[C@@H](C)[C@H](OC(C)=O)[C@@H](OC(C)=O)[C@H]1OC(C)=O)C[C@H]2OC(C)=O)[C@@]1(O)CC[C@H]([C@H](C)O)[C@@]1(C)C[C@H]3OC(C)=O. The molecule has 0 aromatic carbocycles. The van der Waals surface area contributed by atoms with Crippen molar-refractivity contribution in [3.8, 4) is 0 Å². The fraction of sp³-hybridized carbons (Fsp3) is 0.846. The number of hydrogen-bond donors (Lipinski definition) is 3. The van der Waals surface area contributed by atoms with E-state index in [4.69, 9.17) is 37.9 Å². The average molecular weight is 799 g/mol. The Kier molecular flexibility index (Phi) is 12.6. The van der Waals surface area contributed by atoms with Gasteiger partial charge in [-0.25, -0.2) is 0 Å². The molecule has 5 rings (SSSR count). The normalized spacial score (nSPS) is 43.4. The van der Waals surface area contributed by atoms with Crippen LogP contribution in [0.3, 0.4) is 0 Å². The van der Waals surface area contributed by atoms with E-state index in [-0.39, 0.29) is 38.0 Å². The van der Waals surface area contributed by atoms with E-state index in [1.807, 2.05) is 6.92 Å². The van der Waals surface area contributed by atoms with Crippen molar-refractivity contribution < 1.29 is 82.0 Å². The third kappa shape index (κ3) is 7.77. The van der Waals surface area contributed by atoms with Crippen LogP contribution in [0.4, 0.5) is 0 Å². The molecule has 1 saturated heterocycles. The lowest BCUT2D eigenvalue weighted by molar-refractivity contribution is -0.345. The van der Waals surface area contributed by atoms with Gasteiger partial charge in [-0.3, -0.25) is 28.8 Å². The van der Waals surface area contributed by atoms with E-state index in [2.05, 4.69) is 0 Å². The van der Waals surface area contributed by atoms with E-state index < -0.39 is 131 Å². The zero-order valence-corrected chi connectivity index (χ0v) is 33.6. The summed E-state index contributed by atoms with van der Waals surface area (Å²) in [5.41, 5.74) is -5.86. The first-order valence-electron chi connectivity index (χ1n) is 19.4. The van der Waals surface area contributed by atoms with E-state index >= 15 is 0 Å². The number of fused-ring (bicyclic) bond motifs is 5. The van der Waals surface area contributed by atoms with E-state index in [1.54, 1.807) is 13.8 Å². The van der Waals surface area contributed by atoms with Gasteiger partial charge in [-0.1, -0.05) is 6.92 Å². The summed E-state index contributed by atoms with van der Waals surface area (Å²) in [4.78, 5) is 75.2. The number of aliphatic hydroxyl groups excluding tert-OH is 1. The molecular weight excluding hydrogens is 740 g/mol. The van der Waals surface area contributed by atoms with Crippen molar-refractivity contribution >= 4 is 35.8 Å². The van der Waals surface area contributed by atoms with Gasteiger partial charge in [0.05, 0.1) is 34.9 Å². The average Bonchev–Trinajstić information content (AvgIpc) is 3.33. The van der Waals surface area contributed by atoms with Crippen molar-refractivity contribution in [2.24, 2.45) is 28.6 Å². The molecule has 4 saturated carbocycles. The molecule has 1 heterocycles. The molecule has 0 radical (unpaired) electrons. The summed E-state index contributed by atoms with van der Waals surface area (Å²) in [6, 6.07) is 0. The summed E-state index contributed by atoms with van der Waals surface area (Å²) in [6.07, 6.45) is -9.67. The van der Waals surface area contributed by atoms with Crippen molar-refractivity contribution in [3.63, 3.8) is 0 Å². The number of rotatable bonds is 10. The first-order valence-corrected chi connectivity index (χ1v) is 19.4. The predicted octanol–water partition coefficient (Wildman–Crippen LogP) is 1.81. The summed E-state index contributed by atoms with van der Waals surface area (Å²) < 4.78 is 47.1. The van der Waals surface area contributed by atoms with Gasteiger partial charge in [0.15, 0.2) is 24.6 Å². The Morgan fingerprint density at radius 2 is 1.32 bits per heavy atom. The molecule has 4 aliphatic carbocycles. The number of carbonyl (C=O) groups excluding carboxylic acids is 6. The fourth-order valence-electron chi connectivity index (χ4n) is 11.5. The summed E-state index contributed by atoms with van der Waals surface area (Å²) in [5, 5.41) is 36.9. The van der Waals surface area contributed by atoms with Gasteiger partial charge in [0.2, 0.25) is 0 Å². The van der Waals surface area contributed by atoms with Gasteiger partial charge in [-0.2, -0.15) is 0 Å². The molecule has 56 heavy (non-hydrogen) atoms. The van der Waals surface area contributed by atoms with Gasteiger partial charge >= 0.3 is 35.8 Å². The molecule has 17 nitrogen and oxygen atoms in total. The van der Waals surface area contributed by atoms with Crippen molar-refractivity contribution in [3.05, 3.63) is 0 Å². The minimum absolute atomic E-state index is 0.00250. The molecule has 0 amide bonds. The standard InChI is InChI=1S/C39H58O17/c1-18(40)27-11-13-39(48)28-10-12-37(47)15-26(56-35-34(55-25(8)46)33(54-24(7)45)32(19(2)50-35)53-23(6)44)14-30(52-22(5)43)38(37,17-49-20(3)41)31(28)29(51-21(4)42)16-36(27,39)9/h18-19,26-35,40,47-48H,10-17H2,1-9H3/t18-,19-,26-,27+,28+,29+,30+,31+,32-,33+,34+,35-,36+,37-,38+,39-/m0/s1. The van der Waals surface area contributed by atoms with Gasteiger partial charge in [0.1, 0.15) is 18.8 Å². The molecule has 316 valence electrons. The van der Waals surface area contributed by atoms with Crippen molar-refractivity contribution in [2.45, 2.75) is 174 Å². The van der Waals surface area contributed by atoms with Crippen LogP contribution in [0.2, 0.25) is 0 Å². The quantitative estimate of drug-likeness (QED) is 0.162. The molecule has 0 unspecified atom stereocenters. The third-order valence-electron chi connectivity index (χ3n) is 13.3. The number of hydrogen-bond acceptors (Lipinski definition) is 17. The molecule has 17 heteroatoms. The Labute approximate surface area is 326 Å². The Hall–Kier alpha value is -3.38. The van der Waals surface area contributed by atoms with Crippen LogP contribution in [0, 0.1) is 28.6 Å². The summed E-state index contributed by atoms with van der Waals surface area (Å²) in [6.45, 7) is 11.7. The topological polar surface area (TPSA) is 237 Å². The Morgan fingerprint density at radius 1 is 0.750 bits per heavy atom. The van der Waals surface area contributed by atoms with Crippen LogP contribution in [-0.4, -0.2) is 124 Å². The number of carbonyl (C=O) groups is 6. The number of aliphatic hydroxyl groups is 3. The highest BCUT2D eigenvalue weighted by molar-refractivity contribution is 5.69. The van der Waals surface area contributed by atoms with Crippen molar-refractivity contribution in [2.75, 3.05) is 6.61 Å². The van der Waals surface area contributed by atoms with E-state index in [0.717, 1.165) is 20.8 Å². The second-order valence-electron chi connectivity index (χ2n) is 16.8. The summed E-state index contributed by atoms with van der Waals surface area (Å²) in [5.74, 6) is -6.23. The van der Waals surface area contributed by atoms with Crippen LogP contribution in [0.1, 0.15) is 107 Å². The highest BCUT2D eigenvalue weighted by Gasteiger charge is 2.77. The molecule has 0 aromatic rings. The van der Waals surface area contributed by atoms with Gasteiger partial charge < -0.3 is 53.2 Å². The van der Waals surface area contributed by atoms with Gasteiger partial charge in [0, 0.05) is 65.7 Å². The zero-order valence-electron chi connectivity index (χ0n) is 33.6. The second kappa shape index (κ2) is 16.1. The maximum absolute atomic E-state index is 13.2. The van der Waals surface area contributed by atoms with Crippen LogP contribution in [0.5, 0.6) is 0 Å². The largest absolute Gasteiger partial charge is 0.465 e.